The maximum absolute atomic E-state index is 12.5. The van der Waals surface area contributed by atoms with Gasteiger partial charge in [0.25, 0.3) is 17.7 Å². The molecule has 1 aliphatic heterocycles. The number of carbonyl (C=O) groups is 3. The van der Waals surface area contributed by atoms with Crippen molar-refractivity contribution >= 4 is 40.7 Å². The molecule has 0 saturated carbocycles. The number of nitrogens with zero attached hydrogens (tertiary/aromatic N) is 1. The topological polar surface area (TPSA) is 78.5 Å². The van der Waals surface area contributed by atoms with Gasteiger partial charge in [-0.05, 0) is 36.4 Å². The molecule has 0 spiro atoms. The first-order chi connectivity index (χ1) is 12.1. The van der Waals surface area contributed by atoms with Crippen LogP contribution in [-0.2, 0) is 4.79 Å². The quantitative estimate of drug-likeness (QED) is 0.806. The largest absolute Gasteiger partial charge is 0.326 e. The Kier molecular flexibility index (Phi) is 5.35. The molecule has 2 N–H and O–H groups in total. The van der Waals surface area contributed by atoms with Gasteiger partial charge < -0.3 is 4.90 Å². The van der Waals surface area contributed by atoms with E-state index in [1.165, 1.54) is 11.3 Å². The molecule has 0 aliphatic carbocycles. The predicted molar refractivity (Wildman–Crippen MR) is 95.4 cm³/mol. The number of hydrogen-bond acceptors (Lipinski definition) is 4. The Bertz CT molecular complexity index is 794. The highest BCUT2D eigenvalue weighted by molar-refractivity contribution is 7.12. The zero-order valence-electron chi connectivity index (χ0n) is 13.2. The van der Waals surface area contributed by atoms with Gasteiger partial charge in [-0.1, -0.05) is 29.8 Å². The molecule has 3 amide bonds. The molecule has 1 saturated heterocycles. The summed E-state index contributed by atoms with van der Waals surface area (Å²) in [5.74, 6) is -1.08. The molecule has 25 heavy (non-hydrogen) atoms. The van der Waals surface area contributed by atoms with E-state index in [1.54, 1.807) is 41.3 Å². The zero-order chi connectivity index (χ0) is 17.8. The third kappa shape index (κ3) is 3.83. The molecule has 1 aliphatic rings. The number of thiophene rings is 1. The fraction of sp³-hybridized carbons (Fsp3) is 0.235. The Balaban J connectivity index is 1.62. The summed E-state index contributed by atoms with van der Waals surface area (Å²) in [4.78, 5) is 39.1. The van der Waals surface area contributed by atoms with Gasteiger partial charge >= 0.3 is 0 Å². The lowest BCUT2D eigenvalue weighted by Gasteiger charge is -2.23. The number of benzene rings is 1. The average Bonchev–Trinajstić information content (AvgIpc) is 3.30. The Hall–Kier alpha value is -2.38. The summed E-state index contributed by atoms with van der Waals surface area (Å²) in [5.41, 5.74) is 5.01. The Morgan fingerprint density at radius 1 is 1.12 bits per heavy atom. The second-order valence-electron chi connectivity index (χ2n) is 5.56. The van der Waals surface area contributed by atoms with Gasteiger partial charge in [0.1, 0.15) is 6.04 Å². The van der Waals surface area contributed by atoms with Crippen LogP contribution in [0.15, 0.2) is 41.8 Å². The summed E-state index contributed by atoms with van der Waals surface area (Å²) in [6, 6.07) is 9.49. The fourth-order valence-electron chi connectivity index (χ4n) is 2.74. The van der Waals surface area contributed by atoms with Crippen molar-refractivity contribution < 1.29 is 14.4 Å². The maximum atomic E-state index is 12.5. The van der Waals surface area contributed by atoms with E-state index < -0.39 is 17.9 Å². The van der Waals surface area contributed by atoms with E-state index in [2.05, 4.69) is 10.9 Å². The van der Waals surface area contributed by atoms with E-state index in [9.17, 15) is 14.4 Å². The summed E-state index contributed by atoms with van der Waals surface area (Å²) in [5, 5.41) is 2.12. The van der Waals surface area contributed by atoms with Crippen LogP contribution in [0.3, 0.4) is 0 Å². The monoisotopic (exact) mass is 377 g/mol. The van der Waals surface area contributed by atoms with Crippen LogP contribution in [0.1, 0.15) is 32.9 Å². The number of hydrazine groups is 1. The maximum Gasteiger partial charge on any atom is 0.271 e. The lowest BCUT2D eigenvalue weighted by atomic mass is 10.2. The van der Waals surface area contributed by atoms with Crippen molar-refractivity contribution in [3.8, 4) is 0 Å². The number of carbonyl (C=O) groups excluding carboxylic acids is 3. The van der Waals surface area contributed by atoms with Gasteiger partial charge in [-0.15, -0.1) is 11.3 Å². The highest BCUT2D eigenvalue weighted by Gasteiger charge is 2.35. The van der Waals surface area contributed by atoms with Crippen LogP contribution in [0.5, 0.6) is 0 Å². The second kappa shape index (κ2) is 7.67. The number of hydrogen-bond donors (Lipinski definition) is 2. The van der Waals surface area contributed by atoms with Crippen molar-refractivity contribution in [1.29, 1.82) is 0 Å². The van der Waals surface area contributed by atoms with E-state index in [0.717, 1.165) is 6.42 Å². The molecule has 1 aromatic carbocycles. The van der Waals surface area contributed by atoms with Gasteiger partial charge in [0.2, 0.25) is 0 Å². The summed E-state index contributed by atoms with van der Waals surface area (Å²) in [6.45, 7) is 0.521. The van der Waals surface area contributed by atoms with Gasteiger partial charge in [0.15, 0.2) is 0 Å². The highest BCUT2D eigenvalue weighted by atomic mass is 35.5. The molecule has 1 atom stereocenters. The van der Waals surface area contributed by atoms with Gasteiger partial charge in [-0.3, -0.25) is 25.2 Å². The Labute approximate surface area is 153 Å². The van der Waals surface area contributed by atoms with Crippen molar-refractivity contribution in [2.24, 2.45) is 0 Å². The number of amides is 3. The van der Waals surface area contributed by atoms with Crippen molar-refractivity contribution in [3.05, 3.63) is 57.2 Å². The van der Waals surface area contributed by atoms with Crippen LogP contribution < -0.4 is 10.9 Å². The minimum absolute atomic E-state index is 0.162. The smallest absolute Gasteiger partial charge is 0.271 e. The first-order valence-corrected chi connectivity index (χ1v) is 9.03. The molecule has 1 unspecified atom stereocenters. The van der Waals surface area contributed by atoms with Crippen LogP contribution >= 0.6 is 22.9 Å². The molecule has 1 fully saturated rings. The predicted octanol–water partition coefficient (Wildman–Crippen LogP) is 2.47. The van der Waals surface area contributed by atoms with Gasteiger partial charge in [0.05, 0.1) is 15.5 Å². The molecule has 8 heteroatoms. The molecule has 130 valence electrons. The number of likely N-dealkylation sites (tertiary alicyclic amines) is 1. The molecule has 0 bridgehead atoms. The summed E-state index contributed by atoms with van der Waals surface area (Å²) in [6.07, 6.45) is 1.30. The second-order valence-corrected chi connectivity index (χ2v) is 6.91. The van der Waals surface area contributed by atoms with Crippen LogP contribution in [0, 0.1) is 0 Å². The van der Waals surface area contributed by atoms with Gasteiger partial charge in [-0.2, -0.15) is 0 Å². The van der Waals surface area contributed by atoms with Crippen LogP contribution in [0.25, 0.3) is 0 Å². The molecule has 3 rings (SSSR count). The number of halogens is 1. The normalized spacial score (nSPS) is 16.5. The van der Waals surface area contributed by atoms with E-state index in [-0.39, 0.29) is 11.5 Å². The van der Waals surface area contributed by atoms with Crippen molar-refractivity contribution in [2.75, 3.05) is 6.54 Å². The van der Waals surface area contributed by atoms with E-state index in [0.29, 0.717) is 22.9 Å². The summed E-state index contributed by atoms with van der Waals surface area (Å²) >= 11 is 7.30. The van der Waals surface area contributed by atoms with Crippen molar-refractivity contribution in [3.63, 3.8) is 0 Å². The fourth-order valence-corrected chi connectivity index (χ4v) is 3.64. The summed E-state index contributed by atoms with van der Waals surface area (Å²) < 4.78 is 0. The van der Waals surface area contributed by atoms with Crippen LogP contribution in [0.4, 0.5) is 0 Å². The van der Waals surface area contributed by atoms with Gasteiger partial charge in [0, 0.05) is 6.54 Å². The highest BCUT2D eigenvalue weighted by Crippen LogP contribution is 2.22. The first-order valence-electron chi connectivity index (χ1n) is 7.77. The third-order valence-electron chi connectivity index (χ3n) is 3.97. The van der Waals surface area contributed by atoms with Crippen LogP contribution in [0.2, 0.25) is 5.02 Å². The standard InChI is InChI=1S/C17H16ClN3O3S/c18-12-6-2-1-5-11(12)15(22)19-20-16(23)13-7-3-9-21(13)17(24)14-8-4-10-25-14/h1-2,4-6,8,10,13H,3,7,9H2,(H,19,22)(H,20,23). The molecular weight excluding hydrogens is 362 g/mol. The van der Waals surface area contributed by atoms with E-state index >= 15 is 0 Å². The molecule has 0 radical (unpaired) electrons. The number of nitrogens with one attached hydrogen (secondary N) is 2. The molecule has 6 nitrogen and oxygen atoms in total. The Morgan fingerprint density at radius 3 is 2.64 bits per heavy atom. The van der Waals surface area contributed by atoms with Gasteiger partial charge in [-0.25, -0.2) is 0 Å². The number of rotatable bonds is 3. The van der Waals surface area contributed by atoms with E-state index in [4.69, 9.17) is 11.6 Å². The molecule has 2 heterocycles. The lowest BCUT2D eigenvalue weighted by Crippen LogP contribution is -2.51. The van der Waals surface area contributed by atoms with E-state index in [1.807, 2.05) is 5.38 Å². The van der Waals surface area contributed by atoms with Crippen molar-refractivity contribution in [2.45, 2.75) is 18.9 Å². The zero-order valence-corrected chi connectivity index (χ0v) is 14.8. The SMILES string of the molecule is O=C(NNC(=O)C1CCCN1C(=O)c1cccs1)c1ccccc1Cl. The lowest BCUT2D eigenvalue weighted by molar-refractivity contribution is -0.125. The minimum Gasteiger partial charge on any atom is -0.326 e. The summed E-state index contributed by atoms with van der Waals surface area (Å²) in [7, 11) is 0. The minimum atomic E-state index is -0.596. The third-order valence-corrected chi connectivity index (χ3v) is 5.15. The molecule has 1 aromatic heterocycles. The molecular formula is C17H16ClN3O3S. The van der Waals surface area contributed by atoms with Crippen molar-refractivity contribution in [1.82, 2.24) is 15.8 Å². The average molecular weight is 378 g/mol. The molecule has 2 aromatic rings. The first kappa shape index (κ1) is 17.4. The van der Waals surface area contributed by atoms with Crippen LogP contribution in [-0.4, -0.2) is 35.2 Å². The Morgan fingerprint density at radius 2 is 1.92 bits per heavy atom.